The van der Waals surface area contributed by atoms with Crippen molar-refractivity contribution in [3.63, 3.8) is 0 Å². The molecule has 4 rings (SSSR count). The molecule has 1 unspecified atom stereocenters. The molecule has 3 aliphatic heterocycles. The van der Waals surface area contributed by atoms with E-state index in [-0.39, 0.29) is 30.2 Å². The lowest BCUT2D eigenvalue weighted by Crippen LogP contribution is -2.46. The Hall–Kier alpha value is -2.22. The van der Waals surface area contributed by atoms with Gasteiger partial charge in [-0.15, -0.1) is 0 Å². The van der Waals surface area contributed by atoms with Crippen LogP contribution >= 0.6 is 0 Å². The summed E-state index contributed by atoms with van der Waals surface area (Å²) in [6.45, 7) is 4.12. The minimum Gasteiger partial charge on any atom is -0.369 e. The third kappa shape index (κ3) is 3.13. The van der Waals surface area contributed by atoms with Crippen molar-refractivity contribution in [3.05, 3.63) is 17.6 Å². The molecule has 0 spiro atoms. The van der Waals surface area contributed by atoms with Crippen LogP contribution in [0.4, 0.5) is 5.82 Å². The molecule has 2 N–H and O–H groups in total. The molecular weight excluding hydrogens is 332 g/mol. The summed E-state index contributed by atoms with van der Waals surface area (Å²) in [5.74, 6) is 0.413. The number of primary amides is 1. The Labute approximate surface area is 153 Å². The van der Waals surface area contributed by atoms with Gasteiger partial charge in [-0.1, -0.05) is 0 Å². The second kappa shape index (κ2) is 6.83. The third-order valence-electron chi connectivity index (χ3n) is 5.94. The van der Waals surface area contributed by atoms with Gasteiger partial charge in [-0.05, 0) is 19.9 Å². The van der Waals surface area contributed by atoms with E-state index in [2.05, 4.69) is 26.8 Å². The van der Waals surface area contributed by atoms with Crippen molar-refractivity contribution in [2.24, 2.45) is 11.7 Å². The van der Waals surface area contributed by atoms with E-state index in [0.29, 0.717) is 6.54 Å². The third-order valence-corrected chi connectivity index (χ3v) is 5.94. The predicted molar refractivity (Wildman–Crippen MR) is 96.3 cm³/mol. The van der Waals surface area contributed by atoms with Crippen LogP contribution in [0.3, 0.4) is 0 Å². The number of anilines is 1. The fraction of sp³-hybridized carbons (Fsp3) is 0.667. The van der Waals surface area contributed by atoms with Gasteiger partial charge in [0.1, 0.15) is 12.1 Å². The highest BCUT2D eigenvalue weighted by molar-refractivity contribution is 5.88. The Morgan fingerprint density at radius 2 is 2.00 bits per heavy atom. The van der Waals surface area contributed by atoms with E-state index in [1.165, 1.54) is 5.56 Å². The number of nitrogens with two attached hydrogens (primary N) is 1. The zero-order valence-electron chi connectivity index (χ0n) is 15.2. The largest absolute Gasteiger partial charge is 0.369 e. The molecule has 8 nitrogen and oxygen atoms in total. The van der Waals surface area contributed by atoms with E-state index in [4.69, 9.17) is 5.73 Å². The normalized spacial score (nSPS) is 24.8. The summed E-state index contributed by atoms with van der Waals surface area (Å²) in [5, 5.41) is 0. The van der Waals surface area contributed by atoms with Crippen LogP contribution in [0.25, 0.3) is 0 Å². The number of aromatic nitrogens is 2. The number of piperidine rings is 1. The van der Waals surface area contributed by atoms with Crippen LogP contribution in [0.2, 0.25) is 0 Å². The average molecular weight is 358 g/mol. The molecule has 0 aliphatic carbocycles. The van der Waals surface area contributed by atoms with Crippen molar-refractivity contribution in [1.82, 2.24) is 19.8 Å². The van der Waals surface area contributed by atoms with Crippen LogP contribution in [0.15, 0.2) is 6.33 Å². The molecule has 140 valence electrons. The van der Waals surface area contributed by atoms with Gasteiger partial charge in [0.15, 0.2) is 0 Å². The molecule has 3 aliphatic rings. The van der Waals surface area contributed by atoms with Crippen LogP contribution in [0.1, 0.15) is 30.5 Å². The zero-order chi connectivity index (χ0) is 18.3. The van der Waals surface area contributed by atoms with Crippen molar-refractivity contribution < 1.29 is 9.59 Å². The van der Waals surface area contributed by atoms with Crippen LogP contribution < -0.4 is 10.6 Å². The van der Waals surface area contributed by atoms with E-state index < -0.39 is 0 Å². The average Bonchev–Trinajstić information content (AvgIpc) is 3.03. The minimum absolute atomic E-state index is 0.0632. The number of hydrogen-bond donors (Lipinski definition) is 1. The fourth-order valence-electron chi connectivity index (χ4n) is 4.40. The number of likely N-dealkylation sites (N-methyl/N-ethyl adjacent to an activating group) is 1. The van der Waals surface area contributed by atoms with E-state index >= 15 is 0 Å². The summed E-state index contributed by atoms with van der Waals surface area (Å²) in [7, 11) is 2.13. The molecule has 1 aromatic heterocycles. The standard InChI is InChI=1S/C18H26N6O2/c1-22-5-4-15-14(10-22)18(21-11-20-15)23-6-2-13(3-7-23)24-9-12(17(19)26)8-16(24)25/h11-13H,2-10H2,1H3,(H2,19,26). The molecular formula is C18H26N6O2. The van der Waals surface area contributed by atoms with Gasteiger partial charge in [0.2, 0.25) is 11.8 Å². The summed E-state index contributed by atoms with van der Waals surface area (Å²) in [6.07, 6.45) is 4.70. The summed E-state index contributed by atoms with van der Waals surface area (Å²) in [5.41, 5.74) is 7.78. The first-order valence-corrected chi connectivity index (χ1v) is 9.38. The summed E-state index contributed by atoms with van der Waals surface area (Å²) in [6, 6.07) is 0.198. The SMILES string of the molecule is CN1CCc2ncnc(N3CCC(N4CC(C(N)=O)CC4=O)CC3)c2C1. The Bertz CT molecular complexity index is 716. The first kappa shape index (κ1) is 17.2. The second-order valence-electron chi connectivity index (χ2n) is 7.68. The number of likely N-dealkylation sites (tertiary alicyclic amines) is 1. The van der Waals surface area contributed by atoms with Crippen LogP contribution in [0, 0.1) is 5.92 Å². The zero-order valence-corrected chi connectivity index (χ0v) is 15.2. The van der Waals surface area contributed by atoms with E-state index in [9.17, 15) is 9.59 Å². The van der Waals surface area contributed by atoms with Gasteiger partial charge < -0.3 is 20.4 Å². The molecule has 2 fully saturated rings. The van der Waals surface area contributed by atoms with E-state index in [0.717, 1.165) is 57.0 Å². The van der Waals surface area contributed by atoms with Crippen LogP contribution in [0.5, 0.6) is 0 Å². The number of rotatable bonds is 3. The van der Waals surface area contributed by atoms with E-state index in [1.807, 2.05) is 4.90 Å². The van der Waals surface area contributed by atoms with Gasteiger partial charge in [0, 0.05) is 57.2 Å². The van der Waals surface area contributed by atoms with E-state index in [1.54, 1.807) is 6.33 Å². The van der Waals surface area contributed by atoms with Crippen molar-refractivity contribution >= 4 is 17.6 Å². The molecule has 0 radical (unpaired) electrons. The second-order valence-corrected chi connectivity index (χ2v) is 7.68. The molecule has 0 aromatic carbocycles. The number of carbonyl (C=O) groups excluding carboxylic acids is 2. The Morgan fingerprint density at radius 1 is 1.23 bits per heavy atom. The molecule has 1 atom stereocenters. The Balaban J connectivity index is 1.43. The lowest BCUT2D eigenvalue weighted by molar-refractivity contribution is -0.130. The topological polar surface area (TPSA) is 95.7 Å². The monoisotopic (exact) mass is 358 g/mol. The number of nitrogens with zero attached hydrogens (tertiary/aromatic N) is 5. The summed E-state index contributed by atoms with van der Waals surface area (Å²) in [4.78, 5) is 39.2. The molecule has 1 aromatic rings. The van der Waals surface area contributed by atoms with Gasteiger partial charge in [-0.3, -0.25) is 9.59 Å². The molecule has 2 amide bonds. The van der Waals surface area contributed by atoms with Gasteiger partial charge in [0.25, 0.3) is 0 Å². The highest BCUT2D eigenvalue weighted by Crippen LogP contribution is 2.30. The maximum absolute atomic E-state index is 12.2. The van der Waals surface area contributed by atoms with Gasteiger partial charge in [-0.2, -0.15) is 0 Å². The number of hydrogen-bond acceptors (Lipinski definition) is 6. The van der Waals surface area contributed by atoms with Crippen LogP contribution in [-0.4, -0.2) is 70.9 Å². The van der Waals surface area contributed by atoms with Crippen molar-refractivity contribution in [2.45, 2.75) is 38.3 Å². The molecule has 0 saturated carbocycles. The maximum atomic E-state index is 12.2. The first-order chi connectivity index (χ1) is 12.5. The van der Waals surface area contributed by atoms with Crippen LogP contribution in [-0.2, 0) is 22.6 Å². The first-order valence-electron chi connectivity index (χ1n) is 9.38. The fourth-order valence-corrected chi connectivity index (χ4v) is 4.40. The van der Waals surface area contributed by atoms with Gasteiger partial charge >= 0.3 is 0 Å². The molecule has 26 heavy (non-hydrogen) atoms. The number of fused-ring (bicyclic) bond motifs is 1. The van der Waals surface area contributed by atoms with Gasteiger partial charge in [-0.25, -0.2) is 9.97 Å². The Kier molecular flexibility index (Phi) is 4.52. The molecule has 4 heterocycles. The smallest absolute Gasteiger partial charge is 0.223 e. The predicted octanol–water partition coefficient (Wildman–Crippen LogP) is -0.233. The highest BCUT2D eigenvalue weighted by atomic mass is 16.2. The van der Waals surface area contributed by atoms with Crippen molar-refractivity contribution in [2.75, 3.05) is 38.1 Å². The summed E-state index contributed by atoms with van der Waals surface area (Å²) >= 11 is 0. The van der Waals surface area contributed by atoms with Crippen molar-refractivity contribution in [1.29, 1.82) is 0 Å². The molecule has 0 bridgehead atoms. The van der Waals surface area contributed by atoms with Gasteiger partial charge in [0.05, 0.1) is 11.6 Å². The quantitative estimate of drug-likeness (QED) is 0.802. The number of carbonyl (C=O) groups is 2. The molecule has 2 saturated heterocycles. The molecule has 8 heteroatoms. The lowest BCUT2D eigenvalue weighted by Gasteiger charge is -2.38. The van der Waals surface area contributed by atoms with Crippen molar-refractivity contribution in [3.8, 4) is 0 Å². The lowest BCUT2D eigenvalue weighted by atomic mass is 10.0. The number of amides is 2. The maximum Gasteiger partial charge on any atom is 0.223 e. The highest BCUT2D eigenvalue weighted by Gasteiger charge is 2.38. The minimum atomic E-state index is -0.366. The summed E-state index contributed by atoms with van der Waals surface area (Å²) < 4.78 is 0. The Morgan fingerprint density at radius 3 is 2.69 bits per heavy atom.